The summed E-state index contributed by atoms with van der Waals surface area (Å²) in [6, 6.07) is 4.75. The van der Waals surface area contributed by atoms with Crippen molar-refractivity contribution in [1.82, 2.24) is 0 Å². The van der Waals surface area contributed by atoms with Gasteiger partial charge in [-0.3, -0.25) is 9.59 Å². The van der Waals surface area contributed by atoms with Crippen molar-refractivity contribution in [3.8, 4) is 5.75 Å². The van der Waals surface area contributed by atoms with Gasteiger partial charge in [0.1, 0.15) is 5.75 Å². The van der Waals surface area contributed by atoms with E-state index in [1.165, 1.54) is 14.2 Å². The smallest absolute Gasteiger partial charge is 0.305 e. The summed E-state index contributed by atoms with van der Waals surface area (Å²) in [7, 11) is 2.75. The molecule has 0 saturated heterocycles. The van der Waals surface area contributed by atoms with Gasteiger partial charge < -0.3 is 9.47 Å². The molecule has 17 heavy (non-hydrogen) atoms. The van der Waals surface area contributed by atoms with Gasteiger partial charge in [-0.2, -0.15) is 0 Å². The fourth-order valence-electron chi connectivity index (χ4n) is 1.35. The Labute approximate surface area is 104 Å². The van der Waals surface area contributed by atoms with Crippen LogP contribution in [0, 0.1) is 0 Å². The summed E-state index contributed by atoms with van der Waals surface area (Å²) in [6.45, 7) is 0. The van der Waals surface area contributed by atoms with Crippen LogP contribution in [0.25, 0.3) is 0 Å². The van der Waals surface area contributed by atoms with Crippen molar-refractivity contribution in [2.24, 2.45) is 0 Å². The Morgan fingerprint density at radius 1 is 1.24 bits per heavy atom. The minimum atomic E-state index is -0.411. The van der Waals surface area contributed by atoms with E-state index < -0.39 is 5.97 Å². The van der Waals surface area contributed by atoms with Crippen LogP contribution in [0.1, 0.15) is 23.2 Å². The molecular weight excluding hydrogens is 244 g/mol. The maximum absolute atomic E-state index is 11.8. The van der Waals surface area contributed by atoms with Crippen LogP contribution >= 0.6 is 11.6 Å². The second kappa shape index (κ2) is 6.25. The largest absolute Gasteiger partial charge is 0.496 e. The molecule has 5 heteroatoms. The maximum Gasteiger partial charge on any atom is 0.305 e. The van der Waals surface area contributed by atoms with Gasteiger partial charge in [0.15, 0.2) is 5.78 Å². The molecule has 0 aromatic heterocycles. The monoisotopic (exact) mass is 256 g/mol. The summed E-state index contributed by atoms with van der Waals surface area (Å²) in [6.07, 6.45) is 0.145. The number of benzene rings is 1. The van der Waals surface area contributed by atoms with Gasteiger partial charge in [-0.1, -0.05) is 11.6 Å². The van der Waals surface area contributed by atoms with E-state index in [2.05, 4.69) is 4.74 Å². The van der Waals surface area contributed by atoms with E-state index in [1.54, 1.807) is 18.2 Å². The van der Waals surface area contributed by atoms with Crippen molar-refractivity contribution in [3.63, 3.8) is 0 Å². The van der Waals surface area contributed by atoms with E-state index in [9.17, 15) is 9.59 Å². The number of ether oxygens (including phenoxy) is 2. The van der Waals surface area contributed by atoms with Crippen molar-refractivity contribution in [3.05, 3.63) is 28.8 Å². The quantitative estimate of drug-likeness (QED) is 0.600. The second-order valence-electron chi connectivity index (χ2n) is 3.34. The average Bonchev–Trinajstić information content (AvgIpc) is 2.35. The van der Waals surface area contributed by atoms with Gasteiger partial charge in [-0.25, -0.2) is 0 Å². The van der Waals surface area contributed by atoms with Crippen molar-refractivity contribution in [2.45, 2.75) is 12.8 Å². The molecule has 0 N–H and O–H groups in total. The number of Topliss-reactive ketones (excluding diaryl/α,β-unsaturated/α-hetero) is 1. The van der Waals surface area contributed by atoms with Gasteiger partial charge in [0, 0.05) is 11.4 Å². The predicted molar refractivity (Wildman–Crippen MR) is 63.6 cm³/mol. The number of ketones is 1. The third kappa shape index (κ3) is 3.75. The van der Waals surface area contributed by atoms with Gasteiger partial charge in [0.05, 0.1) is 26.2 Å². The number of carbonyl (C=O) groups excluding carboxylic acids is 2. The molecule has 0 aliphatic rings. The molecular formula is C12H13ClO4. The van der Waals surface area contributed by atoms with Crippen molar-refractivity contribution < 1.29 is 19.1 Å². The molecule has 0 amide bonds. The molecule has 1 rings (SSSR count). The zero-order chi connectivity index (χ0) is 12.8. The Morgan fingerprint density at radius 2 is 1.94 bits per heavy atom. The van der Waals surface area contributed by atoms with E-state index in [1.807, 2.05) is 0 Å². The molecule has 0 fully saturated rings. The molecule has 0 unspecified atom stereocenters. The fraction of sp³-hybridized carbons (Fsp3) is 0.333. The molecule has 1 aromatic carbocycles. The van der Waals surface area contributed by atoms with E-state index in [4.69, 9.17) is 16.3 Å². The van der Waals surface area contributed by atoms with Crippen molar-refractivity contribution in [2.75, 3.05) is 14.2 Å². The molecule has 4 nitrogen and oxygen atoms in total. The number of hydrogen-bond acceptors (Lipinski definition) is 4. The van der Waals surface area contributed by atoms with Crippen LogP contribution in [0.15, 0.2) is 18.2 Å². The van der Waals surface area contributed by atoms with Crippen LogP contribution in [0.2, 0.25) is 5.02 Å². The topological polar surface area (TPSA) is 52.6 Å². The first kappa shape index (κ1) is 13.5. The minimum absolute atomic E-state index is 0.0567. The number of methoxy groups -OCH3 is 2. The van der Waals surface area contributed by atoms with Gasteiger partial charge >= 0.3 is 5.97 Å². The third-order valence-corrected chi connectivity index (χ3v) is 2.48. The highest BCUT2D eigenvalue weighted by Gasteiger charge is 2.14. The number of carbonyl (C=O) groups is 2. The summed E-state index contributed by atoms with van der Waals surface area (Å²) in [5, 5.41) is 0.492. The third-order valence-electron chi connectivity index (χ3n) is 2.25. The summed E-state index contributed by atoms with van der Waals surface area (Å²) in [5.74, 6) is -0.178. The van der Waals surface area contributed by atoms with Gasteiger partial charge in [-0.05, 0) is 18.2 Å². The van der Waals surface area contributed by atoms with Crippen LogP contribution in [-0.4, -0.2) is 26.0 Å². The second-order valence-corrected chi connectivity index (χ2v) is 3.78. The van der Waals surface area contributed by atoms with E-state index in [0.29, 0.717) is 16.3 Å². The zero-order valence-corrected chi connectivity index (χ0v) is 10.4. The molecule has 0 aliphatic carbocycles. The average molecular weight is 257 g/mol. The SMILES string of the molecule is COC(=O)CCC(=O)c1ccc(Cl)cc1OC. The summed E-state index contributed by atoms with van der Waals surface area (Å²) in [4.78, 5) is 22.8. The Morgan fingerprint density at radius 3 is 2.53 bits per heavy atom. The van der Waals surface area contributed by atoms with Gasteiger partial charge in [0.25, 0.3) is 0 Å². The first-order chi connectivity index (χ1) is 8.08. The highest BCUT2D eigenvalue weighted by Crippen LogP contribution is 2.24. The molecule has 1 aromatic rings. The van der Waals surface area contributed by atoms with Crippen molar-refractivity contribution >= 4 is 23.4 Å². The lowest BCUT2D eigenvalue weighted by Crippen LogP contribution is -2.07. The maximum atomic E-state index is 11.8. The molecule has 0 bridgehead atoms. The highest BCUT2D eigenvalue weighted by molar-refractivity contribution is 6.30. The lowest BCUT2D eigenvalue weighted by atomic mass is 10.1. The molecule has 0 aliphatic heterocycles. The Hall–Kier alpha value is -1.55. The van der Waals surface area contributed by atoms with E-state index in [-0.39, 0.29) is 18.6 Å². The number of hydrogen-bond donors (Lipinski definition) is 0. The number of halogens is 1. The van der Waals surface area contributed by atoms with Crippen LogP contribution in [0.5, 0.6) is 5.75 Å². The molecule has 0 spiro atoms. The predicted octanol–water partition coefficient (Wildman–Crippen LogP) is 2.48. The first-order valence-corrected chi connectivity index (χ1v) is 5.40. The van der Waals surface area contributed by atoms with Crippen LogP contribution in [-0.2, 0) is 9.53 Å². The summed E-state index contributed by atoms with van der Waals surface area (Å²) >= 11 is 5.78. The number of esters is 1. The first-order valence-electron chi connectivity index (χ1n) is 5.02. The van der Waals surface area contributed by atoms with Crippen LogP contribution < -0.4 is 4.74 Å². The molecule has 0 atom stereocenters. The lowest BCUT2D eigenvalue weighted by Gasteiger charge is -2.07. The molecule has 0 radical (unpaired) electrons. The Bertz CT molecular complexity index is 429. The zero-order valence-electron chi connectivity index (χ0n) is 9.66. The summed E-state index contributed by atoms with van der Waals surface area (Å²) < 4.78 is 9.53. The van der Waals surface area contributed by atoms with Gasteiger partial charge in [-0.15, -0.1) is 0 Å². The van der Waals surface area contributed by atoms with E-state index in [0.717, 1.165) is 0 Å². The normalized spacial score (nSPS) is 9.82. The Balaban J connectivity index is 2.78. The molecule has 0 saturated carbocycles. The van der Waals surface area contributed by atoms with E-state index >= 15 is 0 Å². The van der Waals surface area contributed by atoms with Crippen molar-refractivity contribution in [1.29, 1.82) is 0 Å². The fourth-order valence-corrected chi connectivity index (χ4v) is 1.51. The minimum Gasteiger partial charge on any atom is -0.496 e. The van der Waals surface area contributed by atoms with Crippen LogP contribution in [0.4, 0.5) is 0 Å². The molecule has 0 heterocycles. The highest BCUT2D eigenvalue weighted by atomic mass is 35.5. The lowest BCUT2D eigenvalue weighted by molar-refractivity contribution is -0.140. The standard InChI is InChI=1S/C12H13ClO4/c1-16-11-7-8(13)3-4-9(11)10(14)5-6-12(15)17-2/h3-4,7H,5-6H2,1-2H3. The van der Waals surface area contributed by atoms with Crippen LogP contribution in [0.3, 0.4) is 0 Å². The Kier molecular flexibility index (Phi) is 4.97. The summed E-state index contributed by atoms with van der Waals surface area (Å²) in [5.41, 5.74) is 0.417. The molecule has 92 valence electrons. The number of rotatable bonds is 5. The van der Waals surface area contributed by atoms with Gasteiger partial charge in [0.2, 0.25) is 0 Å².